The molecule has 0 aromatic carbocycles. The molecule has 0 amide bonds. The Morgan fingerprint density at radius 1 is 1.16 bits per heavy atom. The van der Waals surface area contributed by atoms with Crippen LogP contribution in [-0.4, -0.2) is 58.7 Å². The van der Waals surface area contributed by atoms with Crippen molar-refractivity contribution in [2.75, 3.05) is 33.6 Å². The predicted octanol–water partition coefficient (Wildman–Crippen LogP) is 4.07. The largest absolute Gasteiger partial charge is 0.465 e. The van der Waals surface area contributed by atoms with Gasteiger partial charge in [0.05, 0.1) is 18.4 Å². The normalized spacial score (nSPS) is 15.8. The molecule has 0 bridgehead atoms. The van der Waals surface area contributed by atoms with Crippen molar-refractivity contribution in [3.63, 3.8) is 0 Å². The van der Waals surface area contributed by atoms with Crippen LogP contribution in [0.2, 0.25) is 0 Å². The van der Waals surface area contributed by atoms with Crippen LogP contribution < -0.4 is 5.32 Å². The molecule has 32 heavy (non-hydrogen) atoms. The van der Waals surface area contributed by atoms with Crippen LogP contribution in [-0.2, 0) is 9.47 Å². The van der Waals surface area contributed by atoms with E-state index >= 15 is 0 Å². The van der Waals surface area contributed by atoms with Crippen molar-refractivity contribution in [3.05, 3.63) is 41.9 Å². The summed E-state index contributed by atoms with van der Waals surface area (Å²) < 4.78 is 12.9. The van der Waals surface area contributed by atoms with Crippen molar-refractivity contribution in [3.8, 4) is 0 Å². The number of fused-ring (bicyclic) bond motifs is 1. The minimum Gasteiger partial charge on any atom is -0.465 e. The number of aromatic nitrogens is 4. The second-order valence-electron chi connectivity index (χ2n) is 8.30. The van der Waals surface area contributed by atoms with E-state index in [2.05, 4.69) is 30.8 Å². The summed E-state index contributed by atoms with van der Waals surface area (Å²) in [4.78, 5) is 27.3. The molecule has 9 nitrogen and oxygen atoms in total. The van der Waals surface area contributed by atoms with E-state index < -0.39 is 5.97 Å². The zero-order chi connectivity index (χ0) is 22.7. The first-order valence-electron chi connectivity index (χ1n) is 10.9. The number of ether oxygens (including phenoxy) is 2. The number of nitrogens with one attached hydrogen (secondary N) is 1. The summed E-state index contributed by atoms with van der Waals surface area (Å²) >= 11 is 0. The van der Waals surface area contributed by atoms with Crippen LogP contribution in [0.3, 0.4) is 0 Å². The van der Waals surface area contributed by atoms with Crippen molar-refractivity contribution in [2.24, 2.45) is 0 Å². The third-order valence-corrected chi connectivity index (χ3v) is 5.92. The van der Waals surface area contributed by atoms with Crippen LogP contribution in [0.1, 0.15) is 60.4 Å². The van der Waals surface area contributed by atoms with Crippen LogP contribution in [0.4, 0.5) is 11.8 Å². The number of hydrogen-bond acceptors (Lipinski definition) is 8. The predicted molar refractivity (Wildman–Crippen MR) is 122 cm³/mol. The van der Waals surface area contributed by atoms with Crippen molar-refractivity contribution in [2.45, 2.75) is 44.4 Å². The molecule has 0 saturated heterocycles. The zero-order valence-corrected chi connectivity index (χ0v) is 19.0. The Labute approximate surface area is 187 Å². The molecule has 9 heteroatoms. The van der Waals surface area contributed by atoms with Crippen LogP contribution in [0.5, 0.6) is 0 Å². The highest BCUT2D eigenvalue weighted by atomic mass is 16.5. The summed E-state index contributed by atoms with van der Waals surface area (Å²) in [7, 11) is 7.10. The fraction of sp³-hybridized carbons (Fsp3) is 0.478. The summed E-state index contributed by atoms with van der Waals surface area (Å²) in [5.74, 6) is 0.584. The maximum absolute atomic E-state index is 11.6. The first kappa shape index (κ1) is 22.2. The van der Waals surface area contributed by atoms with Gasteiger partial charge < -0.3 is 19.4 Å². The number of nitrogens with zero attached hydrogens (tertiary/aromatic N) is 5. The van der Waals surface area contributed by atoms with E-state index in [0.29, 0.717) is 23.4 Å². The number of pyridine rings is 1. The van der Waals surface area contributed by atoms with Gasteiger partial charge in [0.1, 0.15) is 11.5 Å². The summed E-state index contributed by atoms with van der Waals surface area (Å²) in [6.45, 7) is 0. The van der Waals surface area contributed by atoms with Gasteiger partial charge in [-0.3, -0.25) is 4.90 Å². The Kier molecular flexibility index (Phi) is 6.66. The Bertz CT molecular complexity index is 1070. The number of hydrogen-bond donors (Lipinski definition) is 1. The third-order valence-electron chi connectivity index (χ3n) is 5.92. The van der Waals surface area contributed by atoms with Crippen molar-refractivity contribution in [1.82, 2.24) is 24.4 Å². The van der Waals surface area contributed by atoms with Gasteiger partial charge in [-0.25, -0.2) is 14.8 Å². The highest BCUT2D eigenvalue weighted by Crippen LogP contribution is 2.36. The van der Waals surface area contributed by atoms with E-state index in [1.807, 2.05) is 20.3 Å². The lowest BCUT2D eigenvalue weighted by atomic mass is 9.95. The molecule has 170 valence electrons. The number of carbonyl (C=O) groups excluding carboxylic acids is 1. The Hall–Kier alpha value is -3.04. The van der Waals surface area contributed by atoms with E-state index in [-0.39, 0.29) is 6.23 Å². The molecular weight excluding hydrogens is 408 g/mol. The van der Waals surface area contributed by atoms with Crippen LogP contribution in [0, 0.1) is 0 Å². The van der Waals surface area contributed by atoms with Gasteiger partial charge in [-0.15, -0.1) is 0 Å². The van der Waals surface area contributed by atoms with Gasteiger partial charge in [-0.05, 0) is 45.1 Å². The third kappa shape index (κ3) is 4.44. The molecule has 1 N–H and O–H groups in total. The molecule has 0 aliphatic heterocycles. The average molecular weight is 439 g/mol. The first-order chi connectivity index (χ1) is 15.5. The lowest BCUT2D eigenvalue weighted by Crippen LogP contribution is -2.26. The molecule has 3 heterocycles. The van der Waals surface area contributed by atoms with Gasteiger partial charge in [0, 0.05) is 30.9 Å². The van der Waals surface area contributed by atoms with Gasteiger partial charge in [0.25, 0.3) is 0 Å². The SMILES string of the molecule is COC(=O)c1ccc(Nc2ncc3cc(C(OC)N(C)C)n(C4CCCCC4)c3n2)nc1. The van der Waals surface area contributed by atoms with E-state index in [1.54, 1.807) is 19.2 Å². The van der Waals surface area contributed by atoms with Crippen LogP contribution >= 0.6 is 0 Å². The van der Waals surface area contributed by atoms with Crippen LogP contribution in [0.15, 0.2) is 30.6 Å². The average Bonchev–Trinajstić information content (AvgIpc) is 3.18. The van der Waals surface area contributed by atoms with Crippen LogP contribution in [0.25, 0.3) is 11.0 Å². The molecule has 1 aliphatic carbocycles. The monoisotopic (exact) mass is 438 g/mol. The van der Waals surface area contributed by atoms with Crippen molar-refractivity contribution < 1.29 is 14.3 Å². The minimum atomic E-state index is -0.423. The van der Waals surface area contributed by atoms with Crippen molar-refractivity contribution in [1.29, 1.82) is 0 Å². The molecule has 0 radical (unpaired) electrons. The molecule has 1 fully saturated rings. The van der Waals surface area contributed by atoms with Gasteiger partial charge in [0.15, 0.2) is 6.23 Å². The highest BCUT2D eigenvalue weighted by Gasteiger charge is 2.27. The van der Waals surface area contributed by atoms with Gasteiger partial charge in [0.2, 0.25) is 5.95 Å². The highest BCUT2D eigenvalue weighted by molar-refractivity contribution is 5.89. The number of anilines is 2. The topological polar surface area (TPSA) is 94.4 Å². The first-order valence-corrected chi connectivity index (χ1v) is 10.9. The van der Waals surface area contributed by atoms with Gasteiger partial charge in [-0.1, -0.05) is 19.3 Å². The fourth-order valence-corrected chi connectivity index (χ4v) is 4.42. The Morgan fingerprint density at radius 2 is 1.94 bits per heavy atom. The summed E-state index contributed by atoms with van der Waals surface area (Å²) in [6, 6.07) is 5.88. The maximum Gasteiger partial charge on any atom is 0.339 e. The lowest BCUT2D eigenvalue weighted by molar-refractivity contribution is -0.0121. The molecule has 1 saturated carbocycles. The fourth-order valence-electron chi connectivity index (χ4n) is 4.42. The van der Waals surface area contributed by atoms with E-state index in [0.717, 1.165) is 29.6 Å². The summed E-state index contributed by atoms with van der Waals surface area (Å²) in [6.07, 6.45) is 9.10. The Balaban J connectivity index is 1.71. The number of rotatable bonds is 7. The quantitative estimate of drug-likeness (QED) is 0.436. The summed E-state index contributed by atoms with van der Waals surface area (Å²) in [5.41, 5.74) is 2.37. The number of carbonyl (C=O) groups is 1. The summed E-state index contributed by atoms with van der Waals surface area (Å²) in [5, 5.41) is 4.13. The molecule has 1 atom stereocenters. The smallest absolute Gasteiger partial charge is 0.339 e. The zero-order valence-electron chi connectivity index (χ0n) is 19.0. The van der Waals surface area contributed by atoms with E-state index in [9.17, 15) is 4.79 Å². The number of methoxy groups -OCH3 is 2. The maximum atomic E-state index is 11.6. The minimum absolute atomic E-state index is 0.171. The lowest BCUT2D eigenvalue weighted by Gasteiger charge is -2.30. The molecule has 3 aromatic heterocycles. The standard InChI is InChI=1S/C23H30N6O3/c1-28(2)21(31-3)18-12-16-14-25-23(26-19-11-10-15(13-24-19)22(30)32-4)27-20(16)29(18)17-8-6-5-7-9-17/h10-14,17,21H,5-9H2,1-4H3,(H,24,25,26,27). The molecule has 4 rings (SSSR count). The van der Waals surface area contributed by atoms with E-state index in [4.69, 9.17) is 14.5 Å². The number of esters is 1. The van der Waals surface area contributed by atoms with Crippen molar-refractivity contribution >= 4 is 28.8 Å². The van der Waals surface area contributed by atoms with Gasteiger partial charge in [-0.2, -0.15) is 4.98 Å². The molecule has 1 aliphatic rings. The second kappa shape index (κ2) is 9.62. The Morgan fingerprint density at radius 3 is 2.56 bits per heavy atom. The second-order valence-corrected chi connectivity index (χ2v) is 8.30. The molecule has 1 unspecified atom stereocenters. The molecular formula is C23H30N6O3. The van der Waals surface area contributed by atoms with Gasteiger partial charge >= 0.3 is 5.97 Å². The van der Waals surface area contributed by atoms with E-state index in [1.165, 1.54) is 32.6 Å². The molecule has 0 spiro atoms. The molecule has 3 aromatic rings.